The molecule has 8 rings (SSSR count). The average molecular weight is 927 g/mol. The maximum atomic E-state index is 17.5. The predicted molar refractivity (Wildman–Crippen MR) is 217 cm³/mol. The van der Waals surface area contributed by atoms with E-state index in [9.17, 15) is 44.3 Å². The molecule has 0 unspecified atom stereocenters. The third-order valence-corrected chi connectivity index (χ3v) is 13.4. The van der Waals surface area contributed by atoms with Crippen LogP contribution in [-0.2, 0) is 11.2 Å². The molecule has 4 aromatic rings. The van der Waals surface area contributed by atoms with Crippen LogP contribution in [0.15, 0.2) is 30.3 Å². The van der Waals surface area contributed by atoms with Crippen LogP contribution in [0.2, 0.25) is 0 Å². The molecule has 3 fully saturated rings. The maximum Gasteiger partial charge on any atom is 0.412 e. The van der Waals surface area contributed by atoms with E-state index in [2.05, 4.69) is 10.9 Å². The molecule has 2 aromatic carbocycles. The molecule has 20 heteroatoms. The van der Waals surface area contributed by atoms with Crippen LogP contribution >= 0.6 is 0 Å². The van der Waals surface area contributed by atoms with Gasteiger partial charge < -0.3 is 19.3 Å². The fourth-order valence-electron chi connectivity index (χ4n) is 10.7. The summed E-state index contributed by atoms with van der Waals surface area (Å²) >= 11 is 0. The van der Waals surface area contributed by atoms with Crippen LogP contribution < -0.4 is 9.64 Å². The zero-order chi connectivity index (χ0) is 47.2. The highest BCUT2D eigenvalue weighted by Crippen LogP contribution is 2.63. The van der Waals surface area contributed by atoms with Crippen molar-refractivity contribution in [3.05, 3.63) is 53.2 Å². The standard InChI is InChI=1S/C45H45F11N6O3/c1-6-26-28(46)13-12-25-10-8-11-27(32(25)26)35-34(47)36-33-29(57-35)14-15-31-30(7-2)62(39(63)65-40(3,4)5)19-18-61(31)37(33)59-38(58-36)64-23-41-16-9-17-60(41)22-24(20-41)21-42(43(48,49)50,44(51,52)53)45(54,55)56/h1,8,10-13,24,30-31H,7,9,14-23H2,2-5H3/t24-,30+,31-,41+/m1/s1. The summed E-state index contributed by atoms with van der Waals surface area (Å²) in [5.41, 5.74) is -8.15. The second-order valence-corrected chi connectivity index (χ2v) is 18.4. The average Bonchev–Trinajstić information content (AvgIpc) is 3.70. The minimum absolute atomic E-state index is 0.129. The number of carbonyl (C=O) groups excluding carboxylic acids is 1. The van der Waals surface area contributed by atoms with Crippen molar-refractivity contribution >= 4 is 33.6 Å². The van der Waals surface area contributed by atoms with Gasteiger partial charge in [0.1, 0.15) is 35.1 Å². The van der Waals surface area contributed by atoms with Gasteiger partial charge in [0.2, 0.25) is 0 Å². The lowest BCUT2D eigenvalue weighted by atomic mass is 9.75. The number of benzene rings is 2. The first kappa shape index (κ1) is 46.3. The zero-order valence-electron chi connectivity index (χ0n) is 35.7. The molecule has 4 atom stereocenters. The number of halogens is 11. The Morgan fingerprint density at radius 1 is 0.923 bits per heavy atom. The van der Waals surface area contributed by atoms with Gasteiger partial charge >= 0.3 is 30.6 Å². The fourth-order valence-corrected chi connectivity index (χ4v) is 10.7. The van der Waals surface area contributed by atoms with Crippen molar-refractivity contribution in [2.45, 2.75) is 114 Å². The van der Waals surface area contributed by atoms with Gasteiger partial charge in [-0.15, -0.1) is 6.42 Å². The van der Waals surface area contributed by atoms with Gasteiger partial charge in [-0.25, -0.2) is 18.6 Å². The fraction of sp³-hybridized carbons (Fsp3) is 0.556. The number of anilines is 1. The van der Waals surface area contributed by atoms with E-state index in [-0.39, 0.29) is 71.4 Å². The molecule has 0 spiro atoms. The normalized spacial score (nSPS) is 23.1. The van der Waals surface area contributed by atoms with Crippen LogP contribution in [0.3, 0.4) is 0 Å². The van der Waals surface area contributed by atoms with Gasteiger partial charge in [0.15, 0.2) is 5.82 Å². The molecule has 0 saturated carbocycles. The van der Waals surface area contributed by atoms with Gasteiger partial charge in [-0.05, 0) is 89.6 Å². The molecule has 65 heavy (non-hydrogen) atoms. The van der Waals surface area contributed by atoms with Crippen molar-refractivity contribution in [3.63, 3.8) is 0 Å². The summed E-state index contributed by atoms with van der Waals surface area (Å²) in [7, 11) is 0. The van der Waals surface area contributed by atoms with Gasteiger partial charge in [-0.1, -0.05) is 37.1 Å². The molecular formula is C45H45F11N6O3. The molecule has 0 aliphatic carbocycles. The van der Waals surface area contributed by atoms with Gasteiger partial charge in [-0.2, -0.15) is 49.5 Å². The quantitative estimate of drug-likeness (QED) is 0.134. The Labute approximate surface area is 366 Å². The molecule has 350 valence electrons. The first-order chi connectivity index (χ1) is 30.3. The minimum Gasteiger partial charge on any atom is -0.461 e. The van der Waals surface area contributed by atoms with E-state index < -0.39 is 103 Å². The highest BCUT2D eigenvalue weighted by atomic mass is 19.4. The monoisotopic (exact) mass is 926 g/mol. The van der Waals surface area contributed by atoms with E-state index in [0.717, 1.165) is 0 Å². The highest BCUT2D eigenvalue weighted by Gasteiger charge is 2.83. The molecule has 1 amide bonds. The molecule has 4 aliphatic heterocycles. The van der Waals surface area contributed by atoms with E-state index in [1.54, 1.807) is 42.7 Å². The second-order valence-electron chi connectivity index (χ2n) is 18.4. The van der Waals surface area contributed by atoms with Crippen LogP contribution in [0.1, 0.15) is 77.5 Å². The number of carbonyl (C=O) groups is 1. The van der Waals surface area contributed by atoms with Crippen molar-refractivity contribution in [3.8, 4) is 29.6 Å². The van der Waals surface area contributed by atoms with Crippen LogP contribution in [-0.4, -0.2) is 105 Å². The number of aromatic nitrogens is 3. The zero-order valence-corrected chi connectivity index (χ0v) is 35.7. The number of rotatable bonds is 7. The first-order valence-electron chi connectivity index (χ1n) is 21.3. The molecule has 0 N–H and O–H groups in total. The molecular weight excluding hydrogens is 882 g/mol. The molecule has 6 heterocycles. The number of ether oxygens (including phenoxy) is 2. The topological polar surface area (TPSA) is 83.9 Å². The second kappa shape index (κ2) is 16.0. The SMILES string of the molecule is C#Cc1c(F)ccc2cccc(-c3nc4c5c(nc(OC[C@@]67CCCN6C[C@@H](CC(C(F)(F)F)(C(F)(F)F)C(F)(F)F)C7)nc5c3F)N3CCN(C(=O)OC(C)(C)C)[C@@H](CC)[C@H]3CC4)c12. The van der Waals surface area contributed by atoms with Gasteiger partial charge in [-0.3, -0.25) is 4.90 Å². The third kappa shape index (κ3) is 7.72. The van der Waals surface area contributed by atoms with Crippen molar-refractivity contribution in [2.24, 2.45) is 11.3 Å². The molecule has 3 saturated heterocycles. The van der Waals surface area contributed by atoms with Crippen molar-refractivity contribution in [2.75, 3.05) is 37.7 Å². The van der Waals surface area contributed by atoms with Crippen LogP contribution in [0.25, 0.3) is 32.9 Å². The largest absolute Gasteiger partial charge is 0.461 e. The van der Waals surface area contributed by atoms with E-state index in [1.807, 2.05) is 11.8 Å². The van der Waals surface area contributed by atoms with Crippen LogP contribution in [0.5, 0.6) is 6.01 Å². The van der Waals surface area contributed by atoms with Gasteiger partial charge in [0.25, 0.3) is 5.41 Å². The van der Waals surface area contributed by atoms with Crippen molar-refractivity contribution in [1.29, 1.82) is 0 Å². The minimum atomic E-state index is -6.69. The number of fused-ring (bicyclic) bond motifs is 4. The number of pyridine rings is 1. The first-order valence-corrected chi connectivity index (χ1v) is 21.3. The van der Waals surface area contributed by atoms with E-state index in [0.29, 0.717) is 30.3 Å². The molecule has 0 radical (unpaired) electrons. The van der Waals surface area contributed by atoms with Crippen LogP contribution in [0.4, 0.5) is 58.9 Å². The van der Waals surface area contributed by atoms with E-state index >= 15 is 8.78 Å². The summed E-state index contributed by atoms with van der Waals surface area (Å²) in [5.74, 6) is -0.831. The lowest BCUT2D eigenvalue weighted by Gasteiger charge is -2.47. The number of hydrogen-bond donors (Lipinski definition) is 0. The Bertz CT molecular complexity index is 2530. The Morgan fingerprint density at radius 3 is 2.28 bits per heavy atom. The Morgan fingerprint density at radius 2 is 1.63 bits per heavy atom. The van der Waals surface area contributed by atoms with Crippen LogP contribution in [0, 0.1) is 35.3 Å². The number of amides is 1. The number of alkyl halides is 9. The molecule has 4 aliphatic rings. The van der Waals surface area contributed by atoms with Gasteiger partial charge in [0, 0.05) is 30.6 Å². The number of terminal acetylenes is 1. The molecule has 9 nitrogen and oxygen atoms in total. The number of hydrogen-bond acceptors (Lipinski definition) is 8. The Hall–Kier alpha value is -5.19. The van der Waals surface area contributed by atoms with E-state index in [4.69, 9.17) is 25.9 Å². The lowest BCUT2D eigenvalue weighted by Crippen LogP contribution is -2.61. The third-order valence-electron chi connectivity index (χ3n) is 13.4. The number of nitrogens with zero attached hydrogens (tertiary/aromatic N) is 6. The number of piperazine rings is 1. The maximum absolute atomic E-state index is 17.5. The summed E-state index contributed by atoms with van der Waals surface area (Å²) in [4.78, 5) is 32.7. The molecule has 0 bridgehead atoms. The smallest absolute Gasteiger partial charge is 0.412 e. The van der Waals surface area contributed by atoms with E-state index in [1.165, 1.54) is 18.2 Å². The summed E-state index contributed by atoms with van der Waals surface area (Å²) in [6, 6.07) is 6.21. The summed E-state index contributed by atoms with van der Waals surface area (Å²) < 4.78 is 171. The summed E-state index contributed by atoms with van der Waals surface area (Å²) in [6.45, 7) is 6.70. The van der Waals surface area contributed by atoms with Crippen molar-refractivity contribution < 1.29 is 62.6 Å². The highest BCUT2D eigenvalue weighted by molar-refractivity contribution is 6.03. The summed E-state index contributed by atoms with van der Waals surface area (Å²) in [5, 5.41) is 0.926. The predicted octanol–water partition coefficient (Wildman–Crippen LogP) is 10.6. The summed E-state index contributed by atoms with van der Waals surface area (Å²) in [6.07, 6.45) is -15.9. The Kier molecular flexibility index (Phi) is 11.4. The lowest BCUT2D eigenvalue weighted by molar-refractivity contribution is -0.431. The Balaban J connectivity index is 1.22. The molecule has 2 aromatic heterocycles. The number of aryl methyl sites for hydroxylation is 1. The van der Waals surface area contributed by atoms with Crippen molar-refractivity contribution in [1.82, 2.24) is 24.8 Å². The van der Waals surface area contributed by atoms with Gasteiger partial charge in [0.05, 0.1) is 34.3 Å².